The monoisotopic (exact) mass is 438 g/mol. The van der Waals surface area contributed by atoms with Crippen molar-refractivity contribution in [3.05, 3.63) is 53.5 Å². The number of carbonyl (C=O) groups excluding carboxylic acids is 2. The molecule has 2 amide bonds. The minimum absolute atomic E-state index is 0.0250. The number of nitrogens with zero attached hydrogens (tertiary/aromatic N) is 3. The lowest BCUT2D eigenvalue weighted by molar-refractivity contribution is -0.127. The molecule has 1 saturated carbocycles. The highest BCUT2D eigenvalue weighted by atomic mass is 16.3. The van der Waals surface area contributed by atoms with E-state index in [1.54, 1.807) is 13.1 Å². The summed E-state index contributed by atoms with van der Waals surface area (Å²) in [5, 5.41) is 19.1. The van der Waals surface area contributed by atoms with Crippen LogP contribution in [0.5, 0.6) is 0 Å². The SMILES string of the molecule is CNC(=O)C1CC(Nc2cc(C(=O)NCC(O)CN3CCc4ccccc4C3)ncn2)C1. The molecule has 0 bridgehead atoms. The largest absolute Gasteiger partial charge is 0.390 e. The van der Waals surface area contributed by atoms with Crippen molar-refractivity contribution < 1.29 is 14.7 Å². The average Bonchev–Trinajstić information content (AvgIpc) is 2.79. The third-order valence-corrected chi connectivity index (χ3v) is 6.18. The fourth-order valence-electron chi connectivity index (χ4n) is 4.30. The van der Waals surface area contributed by atoms with Crippen molar-refractivity contribution >= 4 is 17.6 Å². The van der Waals surface area contributed by atoms with E-state index in [9.17, 15) is 14.7 Å². The number of amides is 2. The van der Waals surface area contributed by atoms with Crippen molar-refractivity contribution in [2.75, 3.05) is 32.0 Å². The number of nitrogens with one attached hydrogen (secondary N) is 3. The lowest BCUT2D eigenvalue weighted by Gasteiger charge is -2.34. The Kier molecular flexibility index (Phi) is 6.96. The molecule has 4 rings (SSSR count). The molecule has 0 saturated heterocycles. The van der Waals surface area contributed by atoms with E-state index in [0.717, 1.165) is 32.4 Å². The van der Waals surface area contributed by atoms with Crippen molar-refractivity contribution in [3.8, 4) is 0 Å². The van der Waals surface area contributed by atoms with E-state index in [1.165, 1.54) is 17.5 Å². The van der Waals surface area contributed by atoms with E-state index in [-0.39, 0.29) is 36.0 Å². The third kappa shape index (κ3) is 5.41. The maximum absolute atomic E-state index is 12.5. The minimum Gasteiger partial charge on any atom is -0.390 e. The summed E-state index contributed by atoms with van der Waals surface area (Å²) in [7, 11) is 1.64. The Morgan fingerprint density at radius 2 is 2.00 bits per heavy atom. The van der Waals surface area contributed by atoms with Gasteiger partial charge in [-0.25, -0.2) is 9.97 Å². The maximum atomic E-state index is 12.5. The highest BCUT2D eigenvalue weighted by Gasteiger charge is 2.34. The van der Waals surface area contributed by atoms with Crippen LogP contribution in [0, 0.1) is 5.92 Å². The summed E-state index contributed by atoms with van der Waals surface area (Å²) in [6, 6.07) is 10.1. The van der Waals surface area contributed by atoms with E-state index in [2.05, 4.69) is 49.0 Å². The van der Waals surface area contributed by atoms with E-state index in [1.807, 2.05) is 6.07 Å². The van der Waals surface area contributed by atoms with Gasteiger partial charge in [0.05, 0.1) is 6.10 Å². The quantitative estimate of drug-likeness (QED) is 0.475. The lowest BCUT2D eigenvalue weighted by Crippen LogP contribution is -2.43. The second-order valence-corrected chi connectivity index (χ2v) is 8.53. The van der Waals surface area contributed by atoms with Crippen LogP contribution in [-0.4, -0.2) is 70.6 Å². The number of hydrogen-bond acceptors (Lipinski definition) is 7. The molecule has 1 atom stereocenters. The Bertz CT molecular complexity index is 962. The maximum Gasteiger partial charge on any atom is 0.270 e. The van der Waals surface area contributed by atoms with Gasteiger partial charge in [0.2, 0.25) is 5.91 Å². The molecule has 4 N–H and O–H groups in total. The van der Waals surface area contributed by atoms with Crippen molar-refractivity contribution in [1.82, 2.24) is 25.5 Å². The predicted octanol–water partition coefficient (Wildman–Crippen LogP) is 0.562. The van der Waals surface area contributed by atoms with Crippen LogP contribution in [-0.2, 0) is 17.8 Å². The predicted molar refractivity (Wildman–Crippen MR) is 120 cm³/mol. The molecule has 1 aliphatic carbocycles. The topological polar surface area (TPSA) is 119 Å². The fraction of sp³-hybridized carbons (Fsp3) is 0.478. The Hall–Kier alpha value is -3.04. The minimum atomic E-state index is -0.666. The first-order valence-corrected chi connectivity index (χ1v) is 11.1. The summed E-state index contributed by atoms with van der Waals surface area (Å²) >= 11 is 0. The molecule has 1 aromatic heterocycles. The molecule has 1 aromatic carbocycles. The lowest BCUT2D eigenvalue weighted by atomic mass is 9.79. The Morgan fingerprint density at radius 3 is 2.78 bits per heavy atom. The molecule has 1 aliphatic heterocycles. The van der Waals surface area contributed by atoms with E-state index < -0.39 is 6.10 Å². The molecular formula is C23H30N6O3. The number of hydrogen-bond donors (Lipinski definition) is 4. The number of carbonyl (C=O) groups is 2. The van der Waals surface area contributed by atoms with Gasteiger partial charge in [0, 0.05) is 51.3 Å². The van der Waals surface area contributed by atoms with Crippen LogP contribution in [0.3, 0.4) is 0 Å². The standard InChI is InChI=1S/C23H30N6O3/c1-24-22(31)17-8-18(9-17)28-21-10-20(26-14-27-21)23(32)25-11-19(30)13-29-7-6-15-4-2-3-5-16(15)12-29/h2-5,10,14,17-19,30H,6-9,11-13H2,1H3,(H,24,31)(H,25,32)(H,26,27,28). The summed E-state index contributed by atoms with van der Waals surface area (Å²) in [6.45, 7) is 2.36. The number of fused-ring (bicyclic) bond motifs is 1. The molecule has 0 spiro atoms. The summed E-state index contributed by atoms with van der Waals surface area (Å²) < 4.78 is 0. The molecule has 9 nitrogen and oxygen atoms in total. The fourth-order valence-corrected chi connectivity index (χ4v) is 4.30. The van der Waals surface area contributed by atoms with Crippen LogP contribution in [0.2, 0.25) is 0 Å². The number of aliphatic hydroxyl groups is 1. The van der Waals surface area contributed by atoms with Gasteiger partial charge in [0.1, 0.15) is 17.8 Å². The van der Waals surface area contributed by atoms with Crippen molar-refractivity contribution in [1.29, 1.82) is 0 Å². The molecule has 1 unspecified atom stereocenters. The van der Waals surface area contributed by atoms with Gasteiger partial charge >= 0.3 is 0 Å². The van der Waals surface area contributed by atoms with Crippen LogP contribution in [0.15, 0.2) is 36.7 Å². The number of aliphatic hydroxyl groups excluding tert-OH is 1. The smallest absolute Gasteiger partial charge is 0.270 e. The first-order chi connectivity index (χ1) is 15.5. The number of aromatic nitrogens is 2. The van der Waals surface area contributed by atoms with Gasteiger partial charge in [-0.3, -0.25) is 14.5 Å². The van der Waals surface area contributed by atoms with Crippen molar-refractivity contribution in [3.63, 3.8) is 0 Å². The number of rotatable bonds is 8. The number of β-amino-alcohol motifs (C(OH)–C–C–N with tert-alkyl or cyclic N) is 1. The van der Waals surface area contributed by atoms with Gasteiger partial charge in [-0.05, 0) is 30.4 Å². The van der Waals surface area contributed by atoms with Crippen LogP contribution >= 0.6 is 0 Å². The summed E-state index contributed by atoms with van der Waals surface area (Å²) in [5.41, 5.74) is 2.90. The Balaban J connectivity index is 1.22. The third-order valence-electron chi connectivity index (χ3n) is 6.18. The first-order valence-electron chi connectivity index (χ1n) is 11.1. The van der Waals surface area contributed by atoms with Gasteiger partial charge in [0.25, 0.3) is 5.91 Å². The van der Waals surface area contributed by atoms with Gasteiger partial charge in [-0.15, -0.1) is 0 Å². The summed E-state index contributed by atoms with van der Waals surface area (Å²) in [4.78, 5) is 34.5. The average molecular weight is 439 g/mol. The highest BCUT2D eigenvalue weighted by Crippen LogP contribution is 2.29. The molecule has 2 aromatic rings. The zero-order chi connectivity index (χ0) is 22.5. The second-order valence-electron chi connectivity index (χ2n) is 8.53. The molecule has 2 aliphatic rings. The van der Waals surface area contributed by atoms with Crippen LogP contribution < -0.4 is 16.0 Å². The molecule has 1 fully saturated rings. The summed E-state index contributed by atoms with van der Waals surface area (Å²) in [5.74, 6) is 0.281. The Labute approximate surface area is 187 Å². The Morgan fingerprint density at radius 1 is 1.22 bits per heavy atom. The molecule has 2 heterocycles. The van der Waals surface area contributed by atoms with Crippen molar-refractivity contribution in [2.24, 2.45) is 5.92 Å². The molecule has 170 valence electrons. The molecule has 32 heavy (non-hydrogen) atoms. The molecule has 9 heteroatoms. The van der Waals surface area contributed by atoms with Crippen LogP contribution in [0.25, 0.3) is 0 Å². The highest BCUT2D eigenvalue weighted by molar-refractivity contribution is 5.92. The van der Waals surface area contributed by atoms with Crippen LogP contribution in [0.1, 0.15) is 34.5 Å². The van der Waals surface area contributed by atoms with E-state index in [4.69, 9.17) is 0 Å². The number of benzene rings is 1. The number of anilines is 1. The zero-order valence-corrected chi connectivity index (χ0v) is 18.3. The van der Waals surface area contributed by atoms with Gasteiger partial charge in [-0.1, -0.05) is 24.3 Å². The van der Waals surface area contributed by atoms with Crippen LogP contribution in [0.4, 0.5) is 5.82 Å². The molecular weight excluding hydrogens is 408 g/mol. The van der Waals surface area contributed by atoms with E-state index in [0.29, 0.717) is 12.4 Å². The normalized spacial score (nSPS) is 21.1. The van der Waals surface area contributed by atoms with Gasteiger partial charge in [-0.2, -0.15) is 0 Å². The van der Waals surface area contributed by atoms with Gasteiger partial charge < -0.3 is 21.1 Å². The van der Waals surface area contributed by atoms with Crippen molar-refractivity contribution in [2.45, 2.75) is 38.0 Å². The summed E-state index contributed by atoms with van der Waals surface area (Å²) in [6.07, 6.45) is 3.11. The first kappa shape index (κ1) is 22.2. The van der Waals surface area contributed by atoms with E-state index >= 15 is 0 Å². The van der Waals surface area contributed by atoms with Gasteiger partial charge in [0.15, 0.2) is 0 Å². The molecule has 0 radical (unpaired) electrons. The zero-order valence-electron chi connectivity index (χ0n) is 18.3. The second kappa shape index (κ2) is 10.1.